The second kappa shape index (κ2) is 8.13. The van der Waals surface area contributed by atoms with Gasteiger partial charge in [-0.3, -0.25) is 19.8 Å². The number of aryl methyl sites for hydroxylation is 2. The van der Waals surface area contributed by atoms with Gasteiger partial charge in [0.1, 0.15) is 5.57 Å². The van der Waals surface area contributed by atoms with Gasteiger partial charge in [-0.25, -0.2) is 0 Å². The molecule has 1 aliphatic heterocycles. The van der Waals surface area contributed by atoms with Crippen LogP contribution >= 0.6 is 23.8 Å². The second-order valence-electron chi connectivity index (χ2n) is 7.43. The number of hydrogen-bond donors (Lipinski definition) is 1. The van der Waals surface area contributed by atoms with Crippen LogP contribution in [0.3, 0.4) is 0 Å². The van der Waals surface area contributed by atoms with Crippen molar-refractivity contribution in [3.05, 3.63) is 87.7 Å². The molecule has 2 heterocycles. The highest BCUT2D eigenvalue weighted by Crippen LogP contribution is 2.27. The van der Waals surface area contributed by atoms with E-state index in [9.17, 15) is 9.59 Å². The Morgan fingerprint density at radius 2 is 1.55 bits per heavy atom. The summed E-state index contributed by atoms with van der Waals surface area (Å²) in [7, 11) is 0. The Morgan fingerprint density at radius 3 is 2.19 bits per heavy atom. The van der Waals surface area contributed by atoms with Crippen molar-refractivity contribution in [1.29, 1.82) is 0 Å². The Hall–Kier alpha value is -3.22. The molecule has 0 radical (unpaired) electrons. The Balaban J connectivity index is 1.75. The first-order valence-corrected chi connectivity index (χ1v) is 10.5. The average molecular weight is 450 g/mol. The average Bonchev–Trinajstić information content (AvgIpc) is 3.00. The van der Waals surface area contributed by atoms with Crippen molar-refractivity contribution >= 4 is 52.5 Å². The Morgan fingerprint density at radius 1 is 0.935 bits per heavy atom. The van der Waals surface area contributed by atoms with Crippen LogP contribution in [0.1, 0.15) is 22.5 Å². The van der Waals surface area contributed by atoms with Crippen LogP contribution < -0.4 is 10.2 Å². The Kier molecular flexibility index (Phi) is 5.52. The maximum atomic E-state index is 13.2. The van der Waals surface area contributed by atoms with Crippen molar-refractivity contribution in [3.63, 3.8) is 0 Å². The standard InChI is InChI=1S/C24H20ClN3O2S/c1-14-4-8-19(9-5-14)27-15(2)12-17(16(27)3)13-21-22(29)26-24(31)28(23(21)30)20-10-6-18(25)7-11-20/h4-13H,1-3H3,(H,26,29,31). The summed E-state index contributed by atoms with van der Waals surface area (Å²) in [6.45, 7) is 6.00. The lowest BCUT2D eigenvalue weighted by Gasteiger charge is -2.28. The molecule has 1 fully saturated rings. The minimum atomic E-state index is -0.514. The van der Waals surface area contributed by atoms with E-state index in [2.05, 4.69) is 22.0 Å². The summed E-state index contributed by atoms with van der Waals surface area (Å²) in [4.78, 5) is 27.1. The fourth-order valence-corrected chi connectivity index (χ4v) is 4.07. The molecule has 1 aromatic heterocycles. The number of carbonyl (C=O) groups is 2. The van der Waals surface area contributed by atoms with E-state index >= 15 is 0 Å². The van der Waals surface area contributed by atoms with Crippen LogP contribution in [0, 0.1) is 20.8 Å². The van der Waals surface area contributed by atoms with E-state index in [0.29, 0.717) is 10.7 Å². The summed E-state index contributed by atoms with van der Waals surface area (Å²) in [5.41, 5.74) is 5.48. The topological polar surface area (TPSA) is 54.3 Å². The van der Waals surface area contributed by atoms with Gasteiger partial charge in [0.2, 0.25) is 0 Å². The van der Waals surface area contributed by atoms with E-state index < -0.39 is 11.8 Å². The normalized spacial score (nSPS) is 15.5. The van der Waals surface area contributed by atoms with Crippen molar-refractivity contribution in [2.75, 3.05) is 4.90 Å². The predicted molar refractivity (Wildman–Crippen MR) is 128 cm³/mol. The fraction of sp³-hybridized carbons (Fsp3) is 0.125. The zero-order chi connectivity index (χ0) is 22.3. The minimum Gasteiger partial charge on any atom is -0.318 e. The van der Waals surface area contributed by atoms with Crippen LogP contribution in [0.5, 0.6) is 0 Å². The highest BCUT2D eigenvalue weighted by Gasteiger charge is 2.34. The summed E-state index contributed by atoms with van der Waals surface area (Å²) >= 11 is 11.2. The molecule has 2 amide bonds. The number of rotatable bonds is 3. The smallest absolute Gasteiger partial charge is 0.270 e. The van der Waals surface area contributed by atoms with Crippen LogP contribution in [0.4, 0.5) is 5.69 Å². The van der Waals surface area contributed by atoms with Gasteiger partial charge < -0.3 is 4.57 Å². The number of anilines is 1. The largest absolute Gasteiger partial charge is 0.318 e. The molecule has 1 saturated heterocycles. The van der Waals surface area contributed by atoms with E-state index in [1.54, 1.807) is 30.3 Å². The van der Waals surface area contributed by atoms with Gasteiger partial charge >= 0.3 is 0 Å². The van der Waals surface area contributed by atoms with Crippen molar-refractivity contribution in [1.82, 2.24) is 9.88 Å². The Bertz CT molecular complexity index is 1240. The van der Waals surface area contributed by atoms with Gasteiger partial charge in [-0.05, 0) is 87.1 Å². The lowest BCUT2D eigenvalue weighted by atomic mass is 10.1. The first kappa shape index (κ1) is 21.0. The molecule has 1 N–H and O–H groups in total. The number of benzene rings is 2. The molecule has 0 atom stereocenters. The number of carbonyl (C=O) groups excluding carboxylic acids is 2. The summed E-state index contributed by atoms with van der Waals surface area (Å²) in [6, 6.07) is 16.9. The predicted octanol–water partition coefficient (Wildman–Crippen LogP) is 4.89. The van der Waals surface area contributed by atoms with E-state index in [1.165, 1.54) is 10.5 Å². The zero-order valence-electron chi connectivity index (χ0n) is 17.3. The quantitative estimate of drug-likeness (QED) is 0.352. The number of halogens is 1. The summed E-state index contributed by atoms with van der Waals surface area (Å²) in [5.74, 6) is -0.989. The summed E-state index contributed by atoms with van der Waals surface area (Å²) < 4.78 is 2.10. The van der Waals surface area contributed by atoms with Crippen LogP contribution in [-0.4, -0.2) is 21.5 Å². The maximum Gasteiger partial charge on any atom is 0.270 e. The SMILES string of the molecule is Cc1ccc(-n2c(C)cc(C=C3C(=O)NC(=S)N(c4ccc(Cl)cc4)C3=O)c2C)cc1. The zero-order valence-corrected chi connectivity index (χ0v) is 18.8. The van der Waals surface area contributed by atoms with Crippen LogP contribution in [0.25, 0.3) is 11.8 Å². The van der Waals surface area contributed by atoms with Crippen LogP contribution in [0.15, 0.2) is 60.2 Å². The number of thiocarbonyl (C=S) groups is 1. The molecule has 156 valence electrons. The van der Waals surface area contributed by atoms with Crippen molar-refractivity contribution in [2.24, 2.45) is 0 Å². The van der Waals surface area contributed by atoms with E-state index in [-0.39, 0.29) is 10.7 Å². The first-order valence-electron chi connectivity index (χ1n) is 9.69. The minimum absolute atomic E-state index is 0.0210. The van der Waals surface area contributed by atoms with Crippen molar-refractivity contribution in [3.8, 4) is 5.69 Å². The number of amides is 2. The molecule has 0 saturated carbocycles. The van der Waals surface area contributed by atoms with Gasteiger partial charge in [-0.1, -0.05) is 29.3 Å². The molecule has 3 aromatic rings. The van der Waals surface area contributed by atoms with Crippen molar-refractivity contribution in [2.45, 2.75) is 20.8 Å². The molecule has 2 aromatic carbocycles. The highest BCUT2D eigenvalue weighted by molar-refractivity contribution is 7.80. The number of nitrogens with zero attached hydrogens (tertiary/aromatic N) is 2. The molecule has 5 nitrogen and oxygen atoms in total. The van der Waals surface area contributed by atoms with Crippen LogP contribution in [0.2, 0.25) is 5.02 Å². The van der Waals surface area contributed by atoms with Crippen LogP contribution in [-0.2, 0) is 9.59 Å². The third-order valence-electron chi connectivity index (χ3n) is 5.25. The van der Waals surface area contributed by atoms with E-state index in [4.69, 9.17) is 23.8 Å². The third-order valence-corrected chi connectivity index (χ3v) is 5.79. The molecule has 31 heavy (non-hydrogen) atoms. The lowest BCUT2D eigenvalue weighted by molar-refractivity contribution is -0.122. The number of aromatic nitrogens is 1. The molecule has 7 heteroatoms. The summed E-state index contributed by atoms with van der Waals surface area (Å²) in [6.07, 6.45) is 1.62. The number of nitrogens with one attached hydrogen (secondary N) is 1. The maximum absolute atomic E-state index is 13.2. The van der Waals surface area contributed by atoms with E-state index in [1.807, 2.05) is 39.0 Å². The van der Waals surface area contributed by atoms with Gasteiger partial charge in [0, 0.05) is 22.1 Å². The molecule has 0 aliphatic carbocycles. The molecule has 4 rings (SSSR count). The molecule has 0 unspecified atom stereocenters. The van der Waals surface area contributed by atoms with Crippen molar-refractivity contribution < 1.29 is 9.59 Å². The van der Waals surface area contributed by atoms with Gasteiger partial charge in [0.25, 0.3) is 11.8 Å². The fourth-order valence-electron chi connectivity index (χ4n) is 3.66. The molecular weight excluding hydrogens is 430 g/mol. The second-order valence-corrected chi connectivity index (χ2v) is 8.25. The molecule has 0 bridgehead atoms. The van der Waals surface area contributed by atoms with E-state index in [0.717, 1.165) is 22.6 Å². The van der Waals surface area contributed by atoms with Gasteiger partial charge in [-0.2, -0.15) is 0 Å². The molecule has 0 spiro atoms. The summed E-state index contributed by atoms with van der Waals surface area (Å²) in [5, 5.41) is 3.20. The highest BCUT2D eigenvalue weighted by atomic mass is 35.5. The monoisotopic (exact) mass is 449 g/mol. The van der Waals surface area contributed by atoms with Gasteiger partial charge in [-0.15, -0.1) is 0 Å². The third kappa shape index (κ3) is 3.92. The van der Waals surface area contributed by atoms with Gasteiger partial charge in [0.15, 0.2) is 5.11 Å². The first-order chi connectivity index (χ1) is 14.8. The number of hydrogen-bond acceptors (Lipinski definition) is 3. The molecule has 1 aliphatic rings. The molecular formula is C24H20ClN3O2S. The lowest BCUT2D eigenvalue weighted by Crippen LogP contribution is -2.54. The Labute approximate surface area is 190 Å². The van der Waals surface area contributed by atoms with Gasteiger partial charge in [0.05, 0.1) is 5.69 Å².